The zero-order valence-corrected chi connectivity index (χ0v) is 14.6. The molecule has 0 spiro atoms. The lowest BCUT2D eigenvalue weighted by molar-refractivity contribution is -0.131. The van der Waals surface area contributed by atoms with Crippen molar-refractivity contribution in [3.8, 4) is 0 Å². The van der Waals surface area contributed by atoms with E-state index in [1.54, 1.807) is 24.3 Å². The maximum absolute atomic E-state index is 12.9. The smallest absolute Gasteiger partial charge is 0.328 e. The fourth-order valence-corrected chi connectivity index (χ4v) is 3.82. The van der Waals surface area contributed by atoms with Crippen LogP contribution in [0.5, 0.6) is 0 Å². The Morgan fingerprint density at radius 3 is 2.52 bits per heavy atom. The third-order valence-corrected chi connectivity index (χ3v) is 5.41. The number of nitrogens with zero attached hydrogens (tertiary/aromatic N) is 2. The van der Waals surface area contributed by atoms with Crippen molar-refractivity contribution >= 4 is 44.6 Å². The first-order valence-corrected chi connectivity index (χ1v) is 9.02. The third kappa shape index (κ3) is 3.29. The van der Waals surface area contributed by atoms with Crippen LogP contribution in [-0.4, -0.2) is 28.7 Å². The molecule has 0 unspecified atom stereocenters. The summed E-state index contributed by atoms with van der Waals surface area (Å²) in [5.41, 5.74) is 1.45. The maximum Gasteiger partial charge on any atom is 0.328 e. The highest BCUT2D eigenvalue weighted by Gasteiger charge is 2.22. The molecule has 0 saturated heterocycles. The number of carbonyl (C=O) groups is 1. The van der Waals surface area contributed by atoms with Gasteiger partial charge in [-0.05, 0) is 43.3 Å². The Hall–Kier alpha value is -2.64. The van der Waals surface area contributed by atoms with Crippen LogP contribution in [0.1, 0.15) is 11.3 Å². The van der Waals surface area contributed by atoms with E-state index in [4.69, 9.17) is 16.7 Å². The van der Waals surface area contributed by atoms with Gasteiger partial charge in [-0.25, -0.2) is 4.79 Å². The molecule has 128 valence electrons. The average Bonchev–Trinajstić information content (AvgIpc) is 2.92. The second-order valence-corrected chi connectivity index (χ2v) is 7.58. The van der Waals surface area contributed by atoms with Gasteiger partial charge in [0.15, 0.2) is 0 Å². The van der Waals surface area contributed by atoms with E-state index < -0.39 is 16.0 Å². The molecule has 0 atom stereocenters. The fraction of sp³-hybridized carbons (Fsp3) is 0.0588. The SMILES string of the molecule is Cc1ccc(S(=O)(=O)n2nc(/C=C/C(=O)O)c3cc(Cl)ccc32)cc1. The minimum atomic E-state index is -3.93. The predicted molar refractivity (Wildman–Crippen MR) is 95.2 cm³/mol. The maximum atomic E-state index is 12.9. The fourth-order valence-electron chi connectivity index (χ4n) is 2.35. The number of carboxylic acids is 1. The van der Waals surface area contributed by atoms with Crippen molar-refractivity contribution in [3.05, 3.63) is 64.8 Å². The summed E-state index contributed by atoms with van der Waals surface area (Å²) in [5.74, 6) is -1.16. The predicted octanol–water partition coefficient (Wildman–Crippen LogP) is 3.33. The van der Waals surface area contributed by atoms with Gasteiger partial charge in [0.2, 0.25) is 0 Å². The molecule has 1 N–H and O–H groups in total. The molecular formula is C17H13ClN2O4S. The quantitative estimate of drug-likeness (QED) is 0.705. The number of rotatable bonds is 4. The van der Waals surface area contributed by atoms with Crippen molar-refractivity contribution in [1.29, 1.82) is 0 Å². The van der Waals surface area contributed by atoms with Gasteiger partial charge >= 0.3 is 5.97 Å². The highest BCUT2D eigenvalue weighted by atomic mass is 35.5. The van der Waals surface area contributed by atoms with Crippen LogP contribution in [0.3, 0.4) is 0 Å². The standard InChI is InChI=1S/C17H13ClN2O4S/c1-11-2-5-13(6-3-11)25(23,24)20-16-8-4-12(18)10-14(16)15(19-20)7-9-17(21)22/h2-10H,1H3,(H,21,22)/b9-7+. The zero-order chi connectivity index (χ0) is 18.2. The minimum absolute atomic E-state index is 0.0891. The Bertz CT molecular complexity index is 1100. The molecule has 3 aromatic rings. The van der Waals surface area contributed by atoms with E-state index >= 15 is 0 Å². The molecule has 0 amide bonds. The highest BCUT2D eigenvalue weighted by Crippen LogP contribution is 2.27. The molecule has 0 bridgehead atoms. The van der Waals surface area contributed by atoms with Crippen molar-refractivity contribution in [1.82, 2.24) is 9.19 Å². The monoisotopic (exact) mass is 376 g/mol. The molecule has 0 fully saturated rings. The van der Waals surface area contributed by atoms with Gasteiger partial charge in [-0.3, -0.25) is 0 Å². The molecule has 1 heterocycles. The molecule has 0 aliphatic rings. The lowest BCUT2D eigenvalue weighted by Gasteiger charge is -2.06. The van der Waals surface area contributed by atoms with E-state index in [-0.39, 0.29) is 10.6 Å². The second-order valence-electron chi connectivity index (χ2n) is 5.38. The van der Waals surface area contributed by atoms with Gasteiger partial charge in [-0.1, -0.05) is 29.3 Å². The van der Waals surface area contributed by atoms with E-state index in [1.807, 2.05) is 6.92 Å². The molecule has 0 aliphatic heterocycles. The molecular weight excluding hydrogens is 364 g/mol. The minimum Gasteiger partial charge on any atom is -0.478 e. The molecule has 25 heavy (non-hydrogen) atoms. The number of aryl methyl sites for hydroxylation is 1. The van der Waals surface area contributed by atoms with Crippen LogP contribution in [0, 0.1) is 6.92 Å². The van der Waals surface area contributed by atoms with E-state index in [1.165, 1.54) is 24.3 Å². The number of fused-ring (bicyclic) bond motifs is 1. The first-order chi connectivity index (χ1) is 11.8. The van der Waals surface area contributed by atoms with Crippen molar-refractivity contribution in [2.45, 2.75) is 11.8 Å². The number of aromatic nitrogens is 2. The highest BCUT2D eigenvalue weighted by molar-refractivity contribution is 7.90. The Kier molecular flexibility index (Phi) is 4.36. The zero-order valence-electron chi connectivity index (χ0n) is 13.0. The number of hydrogen-bond donors (Lipinski definition) is 1. The Balaban J connectivity index is 2.25. The first-order valence-electron chi connectivity index (χ1n) is 7.20. The van der Waals surface area contributed by atoms with Crippen molar-refractivity contribution in [2.24, 2.45) is 0 Å². The largest absolute Gasteiger partial charge is 0.478 e. The second kappa shape index (κ2) is 6.34. The molecule has 8 heteroatoms. The summed E-state index contributed by atoms with van der Waals surface area (Å²) in [6.45, 7) is 1.86. The van der Waals surface area contributed by atoms with E-state index in [9.17, 15) is 13.2 Å². The normalized spacial score (nSPS) is 12.1. The van der Waals surface area contributed by atoms with Gasteiger partial charge in [-0.15, -0.1) is 0 Å². The van der Waals surface area contributed by atoms with E-state index in [0.29, 0.717) is 15.9 Å². The summed E-state index contributed by atoms with van der Waals surface area (Å²) in [7, 11) is -3.93. The van der Waals surface area contributed by atoms with Gasteiger partial charge in [0.1, 0.15) is 0 Å². The Morgan fingerprint density at radius 1 is 1.20 bits per heavy atom. The van der Waals surface area contributed by atoms with Gasteiger partial charge < -0.3 is 5.11 Å². The number of hydrogen-bond acceptors (Lipinski definition) is 4. The molecule has 0 radical (unpaired) electrons. The summed E-state index contributed by atoms with van der Waals surface area (Å²) >= 11 is 5.98. The lowest BCUT2D eigenvalue weighted by Crippen LogP contribution is -2.14. The van der Waals surface area contributed by atoms with Gasteiger partial charge in [0, 0.05) is 16.5 Å². The molecule has 0 aliphatic carbocycles. The summed E-state index contributed by atoms with van der Waals surface area (Å²) in [6.07, 6.45) is 2.13. The summed E-state index contributed by atoms with van der Waals surface area (Å²) in [6, 6.07) is 11.0. The van der Waals surface area contributed by atoms with E-state index in [0.717, 1.165) is 15.7 Å². The Morgan fingerprint density at radius 2 is 1.88 bits per heavy atom. The number of benzene rings is 2. The van der Waals surface area contributed by atoms with Gasteiger partial charge in [0.25, 0.3) is 10.0 Å². The van der Waals surface area contributed by atoms with Crippen molar-refractivity contribution in [3.63, 3.8) is 0 Å². The molecule has 2 aromatic carbocycles. The van der Waals surface area contributed by atoms with Crippen LogP contribution < -0.4 is 0 Å². The molecule has 6 nitrogen and oxygen atoms in total. The topological polar surface area (TPSA) is 89.3 Å². The summed E-state index contributed by atoms with van der Waals surface area (Å²) < 4.78 is 26.7. The molecule has 0 saturated carbocycles. The third-order valence-electron chi connectivity index (χ3n) is 3.57. The summed E-state index contributed by atoms with van der Waals surface area (Å²) in [4.78, 5) is 10.9. The van der Waals surface area contributed by atoms with Gasteiger partial charge in [0.05, 0.1) is 16.1 Å². The lowest BCUT2D eigenvalue weighted by atomic mass is 10.2. The molecule has 3 rings (SSSR count). The Labute approximate surface area is 149 Å². The van der Waals surface area contributed by atoms with Crippen LogP contribution in [0.15, 0.2) is 53.4 Å². The van der Waals surface area contributed by atoms with Crippen molar-refractivity contribution < 1.29 is 18.3 Å². The van der Waals surface area contributed by atoms with Crippen LogP contribution >= 0.6 is 11.6 Å². The summed E-state index contributed by atoms with van der Waals surface area (Å²) in [5, 5.41) is 13.7. The number of carboxylic acid groups (broad SMARTS) is 1. The molecule has 1 aromatic heterocycles. The van der Waals surface area contributed by atoms with Crippen LogP contribution in [0.4, 0.5) is 0 Å². The van der Waals surface area contributed by atoms with Crippen LogP contribution in [-0.2, 0) is 14.8 Å². The number of aliphatic carboxylic acids is 1. The van der Waals surface area contributed by atoms with Crippen LogP contribution in [0.25, 0.3) is 17.0 Å². The van der Waals surface area contributed by atoms with Crippen molar-refractivity contribution in [2.75, 3.05) is 0 Å². The van der Waals surface area contributed by atoms with Crippen LogP contribution in [0.2, 0.25) is 5.02 Å². The first kappa shape index (κ1) is 17.2. The average molecular weight is 377 g/mol. The van der Waals surface area contributed by atoms with Gasteiger partial charge in [-0.2, -0.15) is 17.6 Å². The van der Waals surface area contributed by atoms with E-state index in [2.05, 4.69) is 5.10 Å². The number of halogens is 1.